The Labute approximate surface area is 87.6 Å². The molecule has 0 amide bonds. The van der Waals surface area contributed by atoms with Crippen molar-refractivity contribution >= 4 is 17.7 Å². The quantitative estimate of drug-likeness (QED) is 0.728. The summed E-state index contributed by atoms with van der Waals surface area (Å²) in [7, 11) is 1.60. The van der Waals surface area contributed by atoms with E-state index in [1.807, 2.05) is 11.8 Å². The van der Waals surface area contributed by atoms with Crippen molar-refractivity contribution in [1.29, 1.82) is 0 Å². The molecule has 0 spiro atoms. The molecule has 2 heterocycles. The summed E-state index contributed by atoms with van der Waals surface area (Å²) in [5.74, 6) is 1.21. The molecule has 0 aliphatic carbocycles. The number of ether oxygens (including phenoxy) is 1. The topological polar surface area (TPSA) is 49.8 Å². The van der Waals surface area contributed by atoms with Crippen LogP contribution in [0.1, 0.15) is 0 Å². The van der Waals surface area contributed by atoms with E-state index in [1.165, 1.54) is 0 Å². The second-order valence-electron chi connectivity index (χ2n) is 3.86. The second-order valence-corrected chi connectivity index (χ2v) is 4.94. The van der Waals surface area contributed by atoms with Gasteiger partial charge in [0.25, 0.3) is 0 Å². The zero-order chi connectivity index (χ0) is 10.1. The van der Waals surface area contributed by atoms with E-state index in [2.05, 4.69) is 4.90 Å². The van der Waals surface area contributed by atoms with Crippen molar-refractivity contribution < 1.29 is 14.6 Å². The van der Waals surface area contributed by atoms with Crippen LogP contribution in [-0.2, 0) is 9.53 Å². The maximum absolute atomic E-state index is 10.9. The number of carbonyl (C=O) groups is 1. The van der Waals surface area contributed by atoms with Crippen LogP contribution in [0.25, 0.3) is 0 Å². The van der Waals surface area contributed by atoms with Gasteiger partial charge in [0.05, 0.1) is 12.0 Å². The lowest BCUT2D eigenvalue weighted by Gasteiger charge is -2.33. The van der Waals surface area contributed by atoms with Gasteiger partial charge in [-0.15, -0.1) is 0 Å². The molecule has 0 bridgehead atoms. The summed E-state index contributed by atoms with van der Waals surface area (Å²) in [6.07, 6.45) is -0.127. The zero-order valence-corrected chi connectivity index (χ0v) is 9.00. The highest BCUT2D eigenvalue weighted by molar-refractivity contribution is 8.00. The number of hydrogen-bond donors (Lipinski definition) is 1. The Hall–Kier alpha value is -0.260. The molecule has 5 heteroatoms. The number of aliphatic carboxylic acids is 1. The first-order valence-corrected chi connectivity index (χ1v) is 5.95. The van der Waals surface area contributed by atoms with Gasteiger partial charge >= 0.3 is 5.97 Å². The minimum atomic E-state index is -0.730. The molecule has 0 aromatic heterocycles. The van der Waals surface area contributed by atoms with Crippen molar-refractivity contribution in [3.05, 3.63) is 0 Å². The van der Waals surface area contributed by atoms with Crippen LogP contribution in [0.4, 0.5) is 0 Å². The van der Waals surface area contributed by atoms with E-state index in [9.17, 15) is 4.79 Å². The maximum Gasteiger partial charge on any atom is 0.310 e. The van der Waals surface area contributed by atoms with Crippen molar-refractivity contribution in [2.24, 2.45) is 5.92 Å². The highest BCUT2D eigenvalue weighted by atomic mass is 32.2. The summed E-state index contributed by atoms with van der Waals surface area (Å²) >= 11 is 1.92. The molecule has 2 atom stereocenters. The van der Waals surface area contributed by atoms with Crippen LogP contribution in [0.15, 0.2) is 0 Å². The van der Waals surface area contributed by atoms with Crippen molar-refractivity contribution in [1.82, 2.24) is 4.90 Å². The summed E-state index contributed by atoms with van der Waals surface area (Å²) in [4.78, 5) is 13.2. The molecule has 2 aliphatic rings. The first-order valence-electron chi connectivity index (χ1n) is 4.79. The number of carboxylic acids is 1. The largest absolute Gasteiger partial charge is 0.481 e. The Morgan fingerprint density at radius 1 is 1.50 bits per heavy atom. The fourth-order valence-electron chi connectivity index (χ4n) is 2.01. The molecule has 2 fully saturated rings. The van der Waals surface area contributed by atoms with Gasteiger partial charge in [-0.3, -0.25) is 9.69 Å². The number of likely N-dealkylation sites (tertiary alicyclic amines) is 1. The molecule has 4 nitrogen and oxygen atoms in total. The summed E-state index contributed by atoms with van der Waals surface area (Å²) in [6, 6.07) is 0.585. The van der Waals surface area contributed by atoms with Crippen LogP contribution < -0.4 is 0 Å². The van der Waals surface area contributed by atoms with E-state index in [4.69, 9.17) is 9.84 Å². The number of hydrogen-bond acceptors (Lipinski definition) is 4. The molecule has 80 valence electrons. The molecule has 2 aliphatic heterocycles. The Kier molecular flexibility index (Phi) is 2.99. The fourth-order valence-corrected chi connectivity index (χ4v) is 2.88. The molecular weight excluding hydrogens is 202 g/mol. The normalized spacial score (nSPS) is 34.4. The van der Waals surface area contributed by atoms with Gasteiger partial charge in [0.1, 0.15) is 0 Å². The van der Waals surface area contributed by atoms with Gasteiger partial charge in [-0.05, 0) is 0 Å². The van der Waals surface area contributed by atoms with E-state index in [0.29, 0.717) is 12.6 Å². The third-order valence-corrected chi connectivity index (χ3v) is 4.29. The monoisotopic (exact) mass is 217 g/mol. The van der Waals surface area contributed by atoms with Crippen molar-refractivity contribution in [3.8, 4) is 0 Å². The van der Waals surface area contributed by atoms with E-state index in [1.54, 1.807) is 7.11 Å². The van der Waals surface area contributed by atoms with Gasteiger partial charge in [0.15, 0.2) is 0 Å². The lowest BCUT2D eigenvalue weighted by atomic mass is 10.1. The van der Waals surface area contributed by atoms with Gasteiger partial charge in [-0.1, -0.05) is 0 Å². The van der Waals surface area contributed by atoms with E-state index in [-0.39, 0.29) is 12.0 Å². The molecule has 0 aromatic carbocycles. The summed E-state index contributed by atoms with van der Waals surface area (Å²) in [6.45, 7) is 1.43. The van der Waals surface area contributed by atoms with Gasteiger partial charge in [0, 0.05) is 37.7 Å². The Bertz CT molecular complexity index is 232. The van der Waals surface area contributed by atoms with Gasteiger partial charge in [-0.2, -0.15) is 11.8 Å². The first kappa shape index (κ1) is 10.3. The molecule has 2 unspecified atom stereocenters. The standard InChI is InChI=1S/C9H15NO3S/c1-13-8-3-10(6-4-14-5-6)2-7(8)9(11)12/h6-8H,2-5H2,1H3,(H,11,12). The van der Waals surface area contributed by atoms with Gasteiger partial charge in [-0.25, -0.2) is 0 Å². The summed E-state index contributed by atoms with van der Waals surface area (Å²) in [5, 5.41) is 8.99. The summed E-state index contributed by atoms with van der Waals surface area (Å²) in [5.41, 5.74) is 0. The van der Waals surface area contributed by atoms with Crippen LogP contribution in [0.5, 0.6) is 0 Å². The molecule has 0 aromatic rings. The number of methoxy groups -OCH3 is 1. The van der Waals surface area contributed by atoms with E-state index < -0.39 is 5.97 Å². The highest BCUT2D eigenvalue weighted by Crippen LogP contribution is 2.29. The predicted octanol–water partition coefficient (Wildman–Crippen LogP) is 0.133. The van der Waals surface area contributed by atoms with Crippen molar-refractivity contribution in [2.45, 2.75) is 12.1 Å². The lowest BCUT2D eigenvalue weighted by molar-refractivity contribution is -0.144. The number of carboxylic acid groups (broad SMARTS) is 1. The molecule has 1 N–H and O–H groups in total. The minimum Gasteiger partial charge on any atom is -0.481 e. The number of rotatable bonds is 3. The molecule has 14 heavy (non-hydrogen) atoms. The molecule has 0 saturated carbocycles. The second kappa shape index (κ2) is 4.08. The SMILES string of the molecule is COC1CN(C2CSC2)CC1C(=O)O. The van der Waals surface area contributed by atoms with Crippen LogP contribution in [0.3, 0.4) is 0 Å². The number of nitrogens with zero attached hydrogens (tertiary/aromatic N) is 1. The van der Waals surface area contributed by atoms with Crippen LogP contribution in [0, 0.1) is 5.92 Å². The zero-order valence-electron chi connectivity index (χ0n) is 8.18. The first-order chi connectivity index (χ1) is 6.72. The number of thioether (sulfide) groups is 1. The molecular formula is C9H15NO3S. The van der Waals surface area contributed by atoms with Crippen LogP contribution >= 0.6 is 11.8 Å². The molecule has 2 saturated heterocycles. The minimum absolute atomic E-state index is 0.127. The van der Waals surface area contributed by atoms with E-state index >= 15 is 0 Å². The molecule has 2 rings (SSSR count). The Morgan fingerprint density at radius 3 is 2.57 bits per heavy atom. The van der Waals surface area contributed by atoms with Crippen molar-refractivity contribution in [3.63, 3.8) is 0 Å². The van der Waals surface area contributed by atoms with Crippen LogP contribution in [-0.4, -0.2) is 59.8 Å². The van der Waals surface area contributed by atoms with Crippen LogP contribution in [0.2, 0.25) is 0 Å². The lowest BCUT2D eigenvalue weighted by Crippen LogP contribution is -2.43. The summed E-state index contributed by atoms with van der Waals surface area (Å²) < 4.78 is 5.20. The smallest absolute Gasteiger partial charge is 0.310 e. The average molecular weight is 217 g/mol. The Balaban J connectivity index is 1.96. The fraction of sp³-hybridized carbons (Fsp3) is 0.889. The predicted molar refractivity (Wildman–Crippen MR) is 54.6 cm³/mol. The third kappa shape index (κ3) is 1.76. The van der Waals surface area contributed by atoms with Gasteiger partial charge < -0.3 is 9.84 Å². The Morgan fingerprint density at radius 2 is 2.21 bits per heavy atom. The van der Waals surface area contributed by atoms with Gasteiger partial charge in [0.2, 0.25) is 0 Å². The highest BCUT2D eigenvalue weighted by Gasteiger charge is 2.41. The van der Waals surface area contributed by atoms with Crippen molar-refractivity contribution in [2.75, 3.05) is 31.7 Å². The average Bonchev–Trinajstić information content (AvgIpc) is 2.45. The molecule has 0 radical (unpaired) electrons. The van der Waals surface area contributed by atoms with E-state index in [0.717, 1.165) is 18.1 Å². The third-order valence-electron chi connectivity index (χ3n) is 3.05. The maximum atomic E-state index is 10.9.